The Balaban J connectivity index is 2.56. The molecule has 0 radical (unpaired) electrons. The van der Waals surface area contributed by atoms with Crippen LogP contribution in [0.2, 0.25) is 0 Å². The van der Waals surface area contributed by atoms with Gasteiger partial charge in [-0.15, -0.1) is 0 Å². The van der Waals surface area contributed by atoms with Crippen LogP contribution >= 0.6 is 0 Å². The molecule has 1 fully saturated rings. The predicted octanol–water partition coefficient (Wildman–Crippen LogP) is 1.46. The van der Waals surface area contributed by atoms with Crippen molar-refractivity contribution < 1.29 is 23.4 Å². The molecule has 4 N–H and O–H groups in total. The van der Waals surface area contributed by atoms with Crippen LogP contribution in [-0.4, -0.2) is 23.2 Å². The summed E-state index contributed by atoms with van der Waals surface area (Å²) in [6, 6.07) is 0. The lowest BCUT2D eigenvalue weighted by Gasteiger charge is -2.17. The van der Waals surface area contributed by atoms with Crippen LogP contribution in [0.1, 0.15) is 28.8 Å². The summed E-state index contributed by atoms with van der Waals surface area (Å²) in [5, 5.41) is 8.75. The Morgan fingerprint density at radius 2 is 2.05 bits per heavy atom. The highest BCUT2D eigenvalue weighted by Gasteiger charge is 2.46. The van der Waals surface area contributed by atoms with E-state index in [2.05, 4.69) is 4.98 Å². The molecular formula is C14H12F2N2O4. The van der Waals surface area contributed by atoms with Crippen molar-refractivity contribution in [2.75, 3.05) is 7.11 Å². The zero-order valence-corrected chi connectivity index (χ0v) is 11.5. The first kappa shape index (κ1) is 14.5. The maximum absolute atomic E-state index is 14.4. The average molecular weight is 310 g/mol. The van der Waals surface area contributed by atoms with Crippen molar-refractivity contribution in [1.82, 2.24) is 4.98 Å². The van der Waals surface area contributed by atoms with E-state index in [1.54, 1.807) is 0 Å². The highest BCUT2D eigenvalue weighted by atomic mass is 19.2. The van der Waals surface area contributed by atoms with E-state index in [0.29, 0.717) is 12.8 Å². The average Bonchev–Trinajstić information content (AvgIpc) is 3.19. The minimum absolute atomic E-state index is 0.108. The van der Waals surface area contributed by atoms with Gasteiger partial charge in [0, 0.05) is 17.3 Å². The summed E-state index contributed by atoms with van der Waals surface area (Å²) >= 11 is 0. The molecule has 6 nitrogen and oxygen atoms in total. The van der Waals surface area contributed by atoms with Gasteiger partial charge >= 0.3 is 5.97 Å². The molecule has 0 amide bonds. The molecule has 3 rings (SSSR count). The quantitative estimate of drug-likeness (QED) is 0.796. The number of hydrogen-bond donors (Lipinski definition) is 3. The number of aromatic amines is 1. The smallest absolute Gasteiger partial charge is 0.341 e. The Hall–Kier alpha value is -2.48. The van der Waals surface area contributed by atoms with Crippen molar-refractivity contribution >= 4 is 16.9 Å². The maximum atomic E-state index is 14.4. The number of H-pyrrole nitrogens is 1. The maximum Gasteiger partial charge on any atom is 0.341 e. The van der Waals surface area contributed by atoms with E-state index in [1.807, 2.05) is 0 Å². The Morgan fingerprint density at radius 3 is 2.55 bits per heavy atom. The van der Waals surface area contributed by atoms with Crippen LogP contribution in [0.4, 0.5) is 8.78 Å². The summed E-state index contributed by atoms with van der Waals surface area (Å²) in [6.45, 7) is 0. The Kier molecular flexibility index (Phi) is 2.96. The summed E-state index contributed by atoms with van der Waals surface area (Å²) in [4.78, 5) is 26.0. The molecule has 8 heteroatoms. The number of methoxy groups -OCH3 is 1. The van der Waals surface area contributed by atoms with E-state index in [0.717, 1.165) is 13.3 Å². The molecule has 0 bridgehead atoms. The molecule has 1 aromatic heterocycles. The third kappa shape index (κ3) is 1.80. The normalized spacial score (nSPS) is 15.8. The van der Waals surface area contributed by atoms with E-state index in [-0.39, 0.29) is 16.5 Å². The molecule has 1 aliphatic rings. The van der Waals surface area contributed by atoms with Gasteiger partial charge in [-0.3, -0.25) is 4.79 Å². The van der Waals surface area contributed by atoms with Crippen LogP contribution in [0.25, 0.3) is 10.9 Å². The van der Waals surface area contributed by atoms with Crippen molar-refractivity contribution in [3.05, 3.63) is 39.2 Å². The monoisotopic (exact) mass is 310 g/mol. The number of hydrogen-bond acceptors (Lipinski definition) is 4. The van der Waals surface area contributed by atoms with Crippen molar-refractivity contribution in [1.29, 1.82) is 0 Å². The number of rotatable bonds is 3. The standard InChI is InChI=1S/C14H12F2N2O4/c1-22-12-9(16)8(15)7(14(17)2-3-14)6-10(12)18-4-5(11(6)19)13(20)21/h4H,2-3,17H2,1H3,(H,18,19)(H,20,21). The van der Waals surface area contributed by atoms with E-state index < -0.39 is 39.9 Å². The number of nitrogens with two attached hydrogens (primary N) is 1. The molecule has 0 aliphatic heterocycles. The second-order valence-electron chi connectivity index (χ2n) is 5.28. The van der Waals surface area contributed by atoms with E-state index in [1.165, 1.54) is 0 Å². The van der Waals surface area contributed by atoms with E-state index >= 15 is 0 Å². The van der Waals surface area contributed by atoms with E-state index in [9.17, 15) is 18.4 Å². The molecule has 1 aromatic carbocycles. The second kappa shape index (κ2) is 4.51. The molecular weight excluding hydrogens is 298 g/mol. The van der Waals surface area contributed by atoms with Gasteiger partial charge in [-0.25, -0.2) is 9.18 Å². The van der Waals surface area contributed by atoms with Gasteiger partial charge in [0.1, 0.15) is 5.56 Å². The number of pyridine rings is 1. The summed E-state index contributed by atoms with van der Waals surface area (Å²) in [7, 11) is 1.12. The fourth-order valence-electron chi connectivity index (χ4n) is 2.58. The Bertz CT molecular complexity index is 871. The second-order valence-corrected chi connectivity index (χ2v) is 5.28. The van der Waals surface area contributed by atoms with Gasteiger partial charge in [-0.1, -0.05) is 0 Å². The molecule has 1 saturated carbocycles. The predicted molar refractivity (Wildman–Crippen MR) is 73.1 cm³/mol. The van der Waals surface area contributed by atoms with Gasteiger partial charge in [0.05, 0.1) is 18.0 Å². The van der Waals surface area contributed by atoms with Crippen LogP contribution in [-0.2, 0) is 5.54 Å². The number of carboxylic acid groups (broad SMARTS) is 1. The first-order chi connectivity index (χ1) is 10.3. The highest BCUT2D eigenvalue weighted by molar-refractivity contribution is 5.96. The van der Waals surface area contributed by atoms with Crippen LogP contribution in [0.15, 0.2) is 11.0 Å². The molecule has 1 heterocycles. The van der Waals surface area contributed by atoms with Gasteiger partial charge in [-0.2, -0.15) is 4.39 Å². The number of benzene rings is 1. The van der Waals surface area contributed by atoms with Crippen molar-refractivity contribution in [3.63, 3.8) is 0 Å². The Morgan fingerprint density at radius 1 is 1.41 bits per heavy atom. The van der Waals surface area contributed by atoms with Gasteiger partial charge in [0.25, 0.3) is 0 Å². The number of carboxylic acids is 1. The summed E-state index contributed by atoms with van der Waals surface area (Å²) in [5.74, 6) is -4.51. The molecule has 1 aliphatic carbocycles. The molecule has 2 aromatic rings. The number of carbonyl (C=O) groups is 1. The van der Waals surface area contributed by atoms with Gasteiger partial charge < -0.3 is 20.6 Å². The summed E-state index contributed by atoms with van der Waals surface area (Å²) in [5.41, 5.74) is 2.86. The lowest BCUT2D eigenvalue weighted by atomic mass is 9.96. The van der Waals surface area contributed by atoms with Gasteiger partial charge in [-0.05, 0) is 12.8 Å². The molecule has 116 valence electrons. The number of halogens is 2. The first-order valence-corrected chi connectivity index (χ1v) is 6.45. The molecule has 22 heavy (non-hydrogen) atoms. The molecule has 0 atom stereocenters. The molecule has 0 spiro atoms. The first-order valence-electron chi connectivity index (χ1n) is 6.45. The SMILES string of the molecule is COc1c(F)c(F)c(C2(N)CC2)c2c(=O)c(C(=O)O)c[nH]c12. The number of ether oxygens (including phenoxy) is 1. The van der Waals surface area contributed by atoms with Crippen LogP contribution < -0.4 is 15.9 Å². The van der Waals surface area contributed by atoms with Crippen LogP contribution in [0.3, 0.4) is 0 Å². The third-order valence-corrected chi connectivity index (χ3v) is 3.89. The Labute approximate surface area is 122 Å². The number of aromatic carboxylic acids is 1. The number of nitrogens with one attached hydrogen (secondary N) is 1. The van der Waals surface area contributed by atoms with Crippen LogP contribution in [0.5, 0.6) is 5.75 Å². The van der Waals surface area contributed by atoms with E-state index in [4.69, 9.17) is 15.6 Å². The van der Waals surface area contributed by atoms with Gasteiger partial charge in [0.15, 0.2) is 11.6 Å². The summed E-state index contributed by atoms with van der Waals surface area (Å²) in [6.07, 6.45) is 1.68. The highest BCUT2D eigenvalue weighted by Crippen LogP contribution is 2.48. The van der Waals surface area contributed by atoms with Crippen molar-refractivity contribution in [3.8, 4) is 5.75 Å². The van der Waals surface area contributed by atoms with Gasteiger partial charge in [0.2, 0.25) is 11.2 Å². The van der Waals surface area contributed by atoms with Crippen molar-refractivity contribution in [2.45, 2.75) is 18.4 Å². The molecule has 0 saturated heterocycles. The minimum atomic E-state index is -1.47. The zero-order valence-electron chi connectivity index (χ0n) is 11.5. The van der Waals surface area contributed by atoms with Crippen LogP contribution in [0, 0.1) is 11.6 Å². The fourth-order valence-corrected chi connectivity index (χ4v) is 2.58. The minimum Gasteiger partial charge on any atom is -0.491 e. The molecule has 0 unspecified atom stereocenters. The van der Waals surface area contributed by atoms with Crippen molar-refractivity contribution in [2.24, 2.45) is 5.73 Å². The topological polar surface area (TPSA) is 105 Å². The third-order valence-electron chi connectivity index (χ3n) is 3.89. The largest absolute Gasteiger partial charge is 0.491 e. The zero-order chi connectivity index (χ0) is 16.2. The number of fused-ring (bicyclic) bond motifs is 1. The fraction of sp³-hybridized carbons (Fsp3) is 0.286. The lowest BCUT2D eigenvalue weighted by molar-refractivity contribution is 0.0695. The summed E-state index contributed by atoms with van der Waals surface area (Å²) < 4.78 is 33.3. The number of aromatic nitrogens is 1. The lowest BCUT2D eigenvalue weighted by Crippen LogP contribution is -2.26.